The molecule has 0 radical (unpaired) electrons. The third-order valence-electron chi connectivity index (χ3n) is 5.46. The average molecular weight is 382 g/mol. The third-order valence-corrected chi connectivity index (χ3v) is 5.46. The number of hydrogen-bond acceptors (Lipinski definition) is 4. The first kappa shape index (κ1) is 20.7. The molecule has 6 nitrogen and oxygen atoms in total. The van der Waals surface area contributed by atoms with Crippen LogP contribution in [-0.4, -0.2) is 62.1 Å². The van der Waals surface area contributed by atoms with Gasteiger partial charge in [-0.2, -0.15) is 0 Å². The lowest BCUT2D eigenvalue weighted by molar-refractivity contribution is -0.161. The second-order valence-corrected chi connectivity index (χ2v) is 6.85. The zero-order valence-corrected chi connectivity index (χ0v) is 16.3. The number of halogens is 1. The first-order valence-electron chi connectivity index (χ1n) is 8.98. The molecule has 1 aromatic carbocycles. The van der Waals surface area contributed by atoms with Crippen molar-refractivity contribution >= 4 is 29.9 Å². The van der Waals surface area contributed by atoms with Crippen LogP contribution in [0.5, 0.6) is 0 Å². The number of rotatable bonds is 4. The normalized spacial score (nSPS) is 22.5. The second kappa shape index (κ2) is 8.84. The minimum absolute atomic E-state index is 0. The number of anilines is 1. The molecule has 0 aromatic heterocycles. The Bertz CT molecular complexity index is 620. The number of likely N-dealkylation sites (N-methyl/N-ethyl adjacent to an activating group) is 1. The molecule has 26 heavy (non-hydrogen) atoms. The molecule has 2 aliphatic heterocycles. The lowest BCUT2D eigenvalue weighted by Crippen LogP contribution is -2.60. The third kappa shape index (κ3) is 3.87. The lowest BCUT2D eigenvalue weighted by Gasteiger charge is -2.42. The molecule has 2 amide bonds. The Morgan fingerprint density at radius 2 is 1.92 bits per heavy atom. The Balaban J connectivity index is 0.00000243. The fourth-order valence-electron chi connectivity index (χ4n) is 3.88. The summed E-state index contributed by atoms with van der Waals surface area (Å²) in [5.41, 5.74) is 0.0799. The van der Waals surface area contributed by atoms with Gasteiger partial charge in [-0.1, -0.05) is 18.2 Å². The molecule has 0 spiro atoms. The smallest absolute Gasteiger partial charge is 0.255 e. The first-order chi connectivity index (χ1) is 12.1. The van der Waals surface area contributed by atoms with E-state index in [1.165, 1.54) is 0 Å². The summed E-state index contributed by atoms with van der Waals surface area (Å²) in [5.74, 6) is -0.0850. The molecule has 0 bridgehead atoms. The number of ether oxygens (including phenoxy) is 1. The highest BCUT2D eigenvalue weighted by Gasteiger charge is 2.45. The fraction of sp³-hybridized carbons (Fsp3) is 0.579. The summed E-state index contributed by atoms with van der Waals surface area (Å²) in [6.07, 6.45) is 2.85. The summed E-state index contributed by atoms with van der Waals surface area (Å²) in [6.45, 7) is 2.20. The zero-order chi connectivity index (χ0) is 17.9. The van der Waals surface area contributed by atoms with Gasteiger partial charge >= 0.3 is 0 Å². The van der Waals surface area contributed by atoms with Gasteiger partial charge in [-0.05, 0) is 50.9 Å². The molecule has 0 saturated carbocycles. The largest absolute Gasteiger partial charge is 0.368 e. The summed E-state index contributed by atoms with van der Waals surface area (Å²) in [7, 11) is 3.33. The van der Waals surface area contributed by atoms with E-state index in [4.69, 9.17) is 4.74 Å². The van der Waals surface area contributed by atoms with Crippen molar-refractivity contribution in [2.75, 3.05) is 38.7 Å². The van der Waals surface area contributed by atoms with Crippen molar-refractivity contribution in [1.29, 1.82) is 0 Å². The van der Waals surface area contributed by atoms with Gasteiger partial charge in [0.25, 0.3) is 5.91 Å². The number of methoxy groups -OCH3 is 1. The summed E-state index contributed by atoms with van der Waals surface area (Å²) in [4.78, 5) is 29.6. The Morgan fingerprint density at radius 3 is 2.54 bits per heavy atom. The van der Waals surface area contributed by atoms with E-state index in [9.17, 15) is 9.59 Å². The molecular formula is C19H28ClN3O3. The predicted octanol–water partition coefficient (Wildman–Crippen LogP) is 1.83. The van der Waals surface area contributed by atoms with E-state index in [2.05, 4.69) is 5.32 Å². The van der Waals surface area contributed by atoms with Crippen molar-refractivity contribution in [3.05, 3.63) is 30.3 Å². The Labute approximate surface area is 161 Å². The van der Waals surface area contributed by atoms with Crippen molar-refractivity contribution in [2.24, 2.45) is 0 Å². The molecule has 1 atom stereocenters. The highest BCUT2D eigenvalue weighted by atomic mass is 35.5. The molecule has 3 rings (SSSR count). The highest BCUT2D eigenvalue weighted by Crippen LogP contribution is 2.29. The van der Waals surface area contributed by atoms with Crippen LogP contribution in [0.15, 0.2) is 30.3 Å². The second-order valence-electron chi connectivity index (χ2n) is 6.85. The summed E-state index contributed by atoms with van der Waals surface area (Å²) in [5, 5.41) is 3.26. The fourth-order valence-corrected chi connectivity index (χ4v) is 3.88. The lowest BCUT2D eigenvalue weighted by atomic mass is 9.89. The van der Waals surface area contributed by atoms with Crippen LogP contribution in [0.1, 0.15) is 25.7 Å². The molecule has 2 saturated heterocycles. The maximum atomic E-state index is 13.1. The minimum Gasteiger partial charge on any atom is -0.368 e. The maximum Gasteiger partial charge on any atom is 0.255 e. The van der Waals surface area contributed by atoms with Crippen LogP contribution in [-0.2, 0) is 14.3 Å². The van der Waals surface area contributed by atoms with Gasteiger partial charge in [0.2, 0.25) is 5.91 Å². The number of hydrogen-bond donors (Lipinski definition) is 1. The first-order valence-corrected chi connectivity index (χ1v) is 8.98. The van der Waals surface area contributed by atoms with E-state index in [1.54, 1.807) is 24.0 Å². The zero-order valence-electron chi connectivity index (χ0n) is 15.4. The molecule has 144 valence electrons. The summed E-state index contributed by atoms with van der Waals surface area (Å²) in [6, 6.07) is 9.23. The molecule has 1 N–H and O–H groups in total. The van der Waals surface area contributed by atoms with E-state index in [0.717, 1.165) is 25.2 Å². The highest BCUT2D eigenvalue weighted by molar-refractivity contribution is 6.00. The number of benzene rings is 1. The molecule has 0 aliphatic carbocycles. The van der Waals surface area contributed by atoms with Crippen LogP contribution < -0.4 is 10.2 Å². The predicted molar refractivity (Wildman–Crippen MR) is 104 cm³/mol. The van der Waals surface area contributed by atoms with E-state index in [0.29, 0.717) is 25.8 Å². The molecule has 7 heteroatoms. The Hall–Kier alpha value is -1.63. The molecule has 2 heterocycles. The monoisotopic (exact) mass is 381 g/mol. The van der Waals surface area contributed by atoms with Gasteiger partial charge in [0.05, 0.1) is 0 Å². The SMILES string of the molecule is COC1(C(=O)N(C)C2CCCN(c3ccccc3)C2=O)CCNCC1.Cl. The standard InChI is InChI=1S/C19H27N3O3.ClH/c1-21(18(24)19(25-2)10-12-20-13-11-19)16-9-6-14-22(17(16)23)15-7-4-3-5-8-15;/h3-5,7-8,16,20H,6,9-14H2,1-2H3;1H. The van der Waals surface area contributed by atoms with Crippen molar-refractivity contribution in [3.8, 4) is 0 Å². The molecule has 2 aliphatic rings. The summed E-state index contributed by atoms with van der Waals surface area (Å²) < 4.78 is 5.64. The number of amides is 2. The van der Waals surface area contributed by atoms with Crippen LogP contribution >= 0.6 is 12.4 Å². The maximum absolute atomic E-state index is 13.1. The van der Waals surface area contributed by atoms with Gasteiger partial charge in [0.15, 0.2) is 0 Å². The van der Waals surface area contributed by atoms with Crippen molar-refractivity contribution < 1.29 is 14.3 Å². The van der Waals surface area contributed by atoms with Crippen molar-refractivity contribution in [1.82, 2.24) is 10.2 Å². The van der Waals surface area contributed by atoms with Crippen LogP contribution in [0.2, 0.25) is 0 Å². The van der Waals surface area contributed by atoms with Crippen LogP contribution in [0.4, 0.5) is 5.69 Å². The van der Waals surface area contributed by atoms with Gasteiger partial charge in [0, 0.05) is 26.4 Å². The number of piperidine rings is 2. The van der Waals surface area contributed by atoms with E-state index in [-0.39, 0.29) is 24.2 Å². The number of nitrogens with zero attached hydrogens (tertiary/aromatic N) is 2. The molecule has 1 unspecified atom stereocenters. The molecule has 2 fully saturated rings. The van der Waals surface area contributed by atoms with Crippen molar-refractivity contribution in [3.63, 3.8) is 0 Å². The number of para-hydroxylation sites is 1. The summed E-state index contributed by atoms with van der Waals surface area (Å²) >= 11 is 0. The van der Waals surface area contributed by atoms with Crippen molar-refractivity contribution in [2.45, 2.75) is 37.3 Å². The topological polar surface area (TPSA) is 61.9 Å². The number of carbonyl (C=O) groups excluding carboxylic acids is 2. The number of nitrogens with one attached hydrogen (secondary N) is 1. The Morgan fingerprint density at radius 1 is 1.27 bits per heavy atom. The quantitative estimate of drug-likeness (QED) is 0.864. The molecule has 1 aromatic rings. The van der Waals surface area contributed by atoms with E-state index in [1.807, 2.05) is 30.3 Å². The van der Waals surface area contributed by atoms with Gasteiger partial charge in [-0.15, -0.1) is 12.4 Å². The van der Waals surface area contributed by atoms with Gasteiger partial charge in [-0.25, -0.2) is 0 Å². The van der Waals surface area contributed by atoms with E-state index >= 15 is 0 Å². The Kier molecular flexibility index (Phi) is 7.03. The van der Waals surface area contributed by atoms with Gasteiger partial charge < -0.3 is 19.9 Å². The van der Waals surface area contributed by atoms with Crippen LogP contribution in [0.25, 0.3) is 0 Å². The average Bonchev–Trinajstić information content (AvgIpc) is 2.68. The van der Waals surface area contributed by atoms with Gasteiger partial charge in [0.1, 0.15) is 11.6 Å². The molecular weight excluding hydrogens is 354 g/mol. The van der Waals surface area contributed by atoms with Crippen LogP contribution in [0.3, 0.4) is 0 Å². The van der Waals surface area contributed by atoms with Gasteiger partial charge in [-0.3, -0.25) is 9.59 Å². The van der Waals surface area contributed by atoms with Crippen LogP contribution in [0, 0.1) is 0 Å². The number of carbonyl (C=O) groups is 2. The minimum atomic E-state index is -0.810. The van der Waals surface area contributed by atoms with E-state index < -0.39 is 11.6 Å².